The summed E-state index contributed by atoms with van der Waals surface area (Å²) < 4.78 is 10.4. The van der Waals surface area contributed by atoms with Gasteiger partial charge >= 0.3 is 12.1 Å². The molecule has 144 valence electrons. The molecule has 2 aromatic rings. The normalized spacial score (nSPS) is 11.4. The first-order valence-corrected chi connectivity index (χ1v) is 9.00. The maximum atomic E-state index is 12.4. The van der Waals surface area contributed by atoms with Crippen molar-refractivity contribution >= 4 is 12.1 Å². The van der Waals surface area contributed by atoms with Crippen molar-refractivity contribution in [3.8, 4) is 5.75 Å². The predicted octanol–water partition coefficient (Wildman–Crippen LogP) is 3.57. The minimum atomic E-state index is -0.866. The molecule has 2 rings (SSSR count). The topological polar surface area (TPSA) is 84.9 Å². The summed E-state index contributed by atoms with van der Waals surface area (Å²) in [6.45, 7) is 2.42. The van der Waals surface area contributed by atoms with Crippen molar-refractivity contribution in [1.29, 1.82) is 0 Å². The Morgan fingerprint density at radius 3 is 2.37 bits per heavy atom. The number of nitrogens with one attached hydrogen (secondary N) is 1. The monoisotopic (exact) mass is 371 g/mol. The van der Waals surface area contributed by atoms with Gasteiger partial charge < -0.3 is 19.9 Å². The van der Waals surface area contributed by atoms with Crippen molar-refractivity contribution in [3.63, 3.8) is 0 Å². The molecular weight excluding hydrogens is 346 g/mol. The molecule has 0 aliphatic rings. The van der Waals surface area contributed by atoms with Crippen LogP contribution in [0.25, 0.3) is 0 Å². The standard InChI is InChI=1S/C21H25NO5/c1-2-3-13-26-20(24)19(14-16-9-11-18(23)12-10-16)22-21(25)27-15-17-7-5-4-6-8-17/h4-12,19,23H,2-3,13-15H2,1H3,(H,22,25)/t19-/m0/s1. The van der Waals surface area contributed by atoms with Crippen LogP contribution >= 0.6 is 0 Å². The highest BCUT2D eigenvalue weighted by Gasteiger charge is 2.23. The lowest BCUT2D eigenvalue weighted by molar-refractivity contribution is -0.146. The van der Waals surface area contributed by atoms with Gasteiger partial charge in [-0.3, -0.25) is 0 Å². The van der Waals surface area contributed by atoms with E-state index in [0.717, 1.165) is 24.0 Å². The summed E-state index contributed by atoms with van der Waals surface area (Å²) in [5.41, 5.74) is 1.64. The Balaban J connectivity index is 1.96. The van der Waals surface area contributed by atoms with Crippen molar-refractivity contribution < 1.29 is 24.2 Å². The molecule has 1 amide bonds. The van der Waals surface area contributed by atoms with Gasteiger partial charge in [0.2, 0.25) is 0 Å². The number of hydrogen-bond acceptors (Lipinski definition) is 5. The molecule has 0 aliphatic heterocycles. The van der Waals surface area contributed by atoms with E-state index in [4.69, 9.17) is 9.47 Å². The number of benzene rings is 2. The van der Waals surface area contributed by atoms with Crippen LogP contribution in [0, 0.1) is 0 Å². The van der Waals surface area contributed by atoms with Crippen LogP contribution < -0.4 is 5.32 Å². The molecule has 6 heteroatoms. The third-order valence-corrected chi connectivity index (χ3v) is 3.91. The summed E-state index contributed by atoms with van der Waals surface area (Å²) in [5, 5.41) is 12.0. The van der Waals surface area contributed by atoms with Gasteiger partial charge in [-0.15, -0.1) is 0 Å². The molecule has 0 radical (unpaired) electrons. The minimum Gasteiger partial charge on any atom is -0.508 e. The minimum absolute atomic E-state index is 0.115. The highest BCUT2D eigenvalue weighted by Crippen LogP contribution is 2.12. The summed E-state index contributed by atoms with van der Waals surface area (Å²) in [4.78, 5) is 24.5. The fourth-order valence-electron chi connectivity index (χ4n) is 2.39. The summed E-state index contributed by atoms with van der Waals surface area (Å²) in [6.07, 6.45) is 1.22. The highest BCUT2D eigenvalue weighted by molar-refractivity contribution is 5.81. The van der Waals surface area contributed by atoms with Crippen molar-refractivity contribution in [2.45, 2.75) is 38.8 Å². The van der Waals surface area contributed by atoms with Gasteiger partial charge in [-0.2, -0.15) is 0 Å². The van der Waals surface area contributed by atoms with Crippen LogP contribution in [0.15, 0.2) is 54.6 Å². The Bertz CT molecular complexity index is 715. The molecule has 0 spiro atoms. The number of carbonyl (C=O) groups excluding carboxylic acids is 2. The van der Waals surface area contributed by atoms with E-state index in [1.807, 2.05) is 37.3 Å². The van der Waals surface area contributed by atoms with E-state index in [0.29, 0.717) is 6.61 Å². The van der Waals surface area contributed by atoms with Crippen molar-refractivity contribution in [1.82, 2.24) is 5.32 Å². The molecule has 27 heavy (non-hydrogen) atoms. The Hall–Kier alpha value is -3.02. The highest BCUT2D eigenvalue weighted by atomic mass is 16.6. The fraction of sp³-hybridized carbons (Fsp3) is 0.333. The number of rotatable bonds is 9. The number of esters is 1. The van der Waals surface area contributed by atoms with Crippen molar-refractivity contribution in [3.05, 3.63) is 65.7 Å². The summed E-state index contributed by atoms with van der Waals surface area (Å²) >= 11 is 0. The van der Waals surface area contributed by atoms with Crippen LogP contribution in [-0.4, -0.2) is 29.8 Å². The molecule has 0 unspecified atom stereocenters. The van der Waals surface area contributed by atoms with Crippen molar-refractivity contribution in [2.75, 3.05) is 6.61 Å². The Labute approximate surface area is 159 Å². The number of hydrogen-bond donors (Lipinski definition) is 2. The van der Waals surface area contributed by atoms with Gasteiger partial charge in [0.25, 0.3) is 0 Å². The van der Waals surface area contributed by atoms with E-state index < -0.39 is 18.1 Å². The lowest BCUT2D eigenvalue weighted by atomic mass is 10.1. The largest absolute Gasteiger partial charge is 0.508 e. The lowest BCUT2D eigenvalue weighted by Crippen LogP contribution is -2.43. The zero-order valence-electron chi connectivity index (χ0n) is 15.4. The molecular formula is C21H25NO5. The van der Waals surface area contributed by atoms with E-state index in [1.54, 1.807) is 12.1 Å². The lowest BCUT2D eigenvalue weighted by Gasteiger charge is -2.18. The number of alkyl carbamates (subject to hydrolysis) is 1. The Kier molecular flexibility index (Phi) is 8.16. The number of phenolic OH excluding ortho intramolecular Hbond substituents is 1. The summed E-state index contributed by atoms with van der Waals surface area (Å²) in [5.74, 6) is -0.371. The predicted molar refractivity (Wildman–Crippen MR) is 101 cm³/mol. The molecule has 6 nitrogen and oxygen atoms in total. The van der Waals surface area contributed by atoms with E-state index in [9.17, 15) is 14.7 Å². The third kappa shape index (κ3) is 7.40. The molecule has 2 N–H and O–H groups in total. The van der Waals surface area contributed by atoms with Crippen LogP contribution in [-0.2, 0) is 27.3 Å². The molecule has 0 aliphatic carbocycles. The maximum Gasteiger partial charge on any atom is 0.408 e. The van der Waals surface area contributed by atoms with Gasteiger partial charge in [-0.25, -0.2) is 9.59 Å². The quantitative estimate of drug-likeness (QED) is 0.520. The second-order valence-corrected chi connectivity index (χ2v) is 6.15. The number of amides is 1. The van der Waals surface area contributed by atoms with Gasteiger partial charge in [0.05, 0.1) is 6.61 Å². The second-order valence-electron chi connectivity index (χ2n) is 6.15. The van der Waals surface area contributed by atoms with Gasteiger partial charge in [-0.05, 0) is 29.7 Å². The maximum absolute atomic E-state index is 12.4. The molecule has 0 saturated heterocycles. The molecule has 0 saturated carbocycles. The molecule has 2 aromatic carbocycles. The van der Waals surface area contributed by atoms with E-state index in [1.165, 1.54) is 12.1 Å². The van der Waals surface area contributed by atoms with E-state index in [2.05, 4.69) is 5.32 Å². The zero-order chi connectivity index (χ0) is 19.5. The first kappa shape index (κ1) is 20.3. The molecule has 0 fully saturated rings. The zero-order valence-corrected chi connectivity index (χ0v) is 15.4. The van der Waals surface area contributed by atoms with E-state index in [-0.39, 0.29) is 18.8 Å². The average Bonchev–Trinajstić information content (AvgIpc) is 2.68. The Morgan fingerprint density at radius 1 is 1.00 bits per heavy atom. The fourth-order valence-corrected chi connectivity index (χ4v) is 2.39. The van der Waals surface area contributed by atoms with Crippen LogP contribution in [0.4, 0.5) is 4.79 Å². The van der Waals surface area contributed by atoms with Crippen LogP contribution in [0.1, 0.15) is 30.9 Å². The van der Waals surface area contributed by atoms with Crippen LogP contribution in [0.5, 0.6) is 5.75 Å². The van der Waals surface area contributed by atoms with Crippen molar-refractivity contribution in [2.24, 2.45) is 0 Å². The second kappa shape index (κ2) is 10.9. The van der Waals surface area contributed by atoms with Gasteiger partial charge in [-0.1, -0.05) is 55.8 Å². The SMILES string of the molecule is CCCCOC(=O)[C@H](Cc1ccc(O)cc1)NC(=O)OCc1ccccc1. The average molecular weight is 371 g/mol. The first-order chi connectivity index (χ1) is 13.1. The smallest absolute Gasteiger partial charge is 0.408 e. The van der Waals surface area contributed by atoms with Crippen LogP contribution in [0.2, 0.25) is 0 Å². The van der Waals surface area contributed by atoms with E-state index >= 15 is 0 Å². The third-order valence-electron chi connectivity index (χ3n) is 3.91. The molecule has 0 bridgehead atoms. The molecule has 0 heterocycles. The van der Waals surface area contributed by atoms with Gasteiger partial charge in [0, 0.05) is 6.42 Å². The first-order valence-electron chi connectivity index (χ1n) is 9.00. The summed E-state index contributed by atoms with van der Waals surface area (Å²) in [7, 11) is 0. The van der Waals surface area contributed by atoms with Crippen LogP contribution in [0.3, 0.4) is 0 Å². The molecule has 1 atom stereocenters. The summed E-state index contributed by atoms with van der Waals surface area (Å²) in [6, 6.07) is 14.9. The Morgan fingerprint density at radius 2 is 1.70 bits per heavy atom. The number of phenols is 1. The van der Waals surface area contributed by atoms with Gasteiger partial charge in [0.1, 0.15) is 18.4 Å². The number of aromatic hydroxyl groups is 1. The van der Waals surface area contributed by atoms with Gasteiger partial charge in [0.15, 0.2) is 0 Å². The molecule has 0 aromatic heterocycles. The number of unbranched alkanes of at least 4 members (excludes halogenated alkanes) is 1. The number of ether oxygens (including phenoxy) is 2. The number of carbonyl (C=O) groups is 2.